The van der Waals surface area contributed by atoms with Gasteiger partial charge >= 0.3 is 0 Å². The summed E-state index contributed by atoms with van der Waals surface area (Å²) in [5.74, 6) is 0.747. The molecule has 0 saturated heterocycles. The lowest BCUT2D eigenvalue weighted by Crippen LogP contribution is -2.45. The Morgan fingerprint density at radius 3 is 2.57 bits per heavy atom. The summed E-state index contributed by atoms with van der Waals surface area (Å²) < 4.78 is 0. The van der Waals surface area contributed by atoms with Crippen LogP contribution in [0.5, 0.6) is 0 Å². The SMILES string of the molecule is CC1CCCC(CO)(CN(Cc2ccccc2)C(C)C)C1. The largest absolute Gasteiger partial charge is 0.396 e. The highest BCUT2D eigenvalue weighted by molar-refractivity contribution is 5.14. The zero-order chi connectivity index (χ0) is 15.3. The first-order valence-electron chi connectivity index (χ1n) is 8.43. The summed E-state index contributed by atoms with van der Waals surface area (Å²) in [6, 6.07) is 11.2. The van der Waals surface area contributed by atoms with Gasteiger partial charge in [-0.15, -0.1) is 0 Å². The standard InChI is InChI=1S/C19H31NO/c1-16(2)20(13-18-9-5-4-6-10-18)14-19(15-21)11-7-8-17(3)12-19/h4-6,9-10,16-17,21H,7-8,11-15H2,1-3H3. The van der Waals surface area contributed by atoms with Crippen molar-refractivity contribution in [2.45, 2.75) is 59.0 Å². The molecule has 1 aliphatic carbocycles. The minimum Gasteiger partial charge on any atom is -0.396 e. The van der Waals surface area contributed by atoms with Crippen LogP contribution in [-0.4, -0.2) is 29.2 Å². The highest BCUT2D eigenvalue weighted by Gasteiger charge is 2.36. The van der Waals surface area contributed by atoms with E-state index in [-0.39, 0.29) is 5.41 Å². The molecule has 0 bridgehead atoms. The molecule has 1 aromatic rings. The molecule has 0 aromatic heterocycles. The van der Waals surface area contributed by atoms with Crippen LogP contribution in [0.4, 0.5) is 0 Å². The van der Waals surface area contributed by atoms with Crippen LogP contribution >= 0.6 is 0 Å². The van der Waals surface area contributed by atoms with E-state index >= 15 is 0 Å². The third-order valence-electron chi connectivity index (χ3n) is 5.02. The summed E-state index contributed by atoms with van der Waals surface area (Å²) in [6.45, 7) is 9.19. The molecule has 1 saturated carbocycles. The Hall–Kier alpha value is -0.860. The Bertz CT molecular complexity index is 417. The fourth-order valence-corrected chi connectivity index (χ4v) is 3.78. The molecule has 0 spiro atoms. The van der Waals surface area contributed by atoms with Gasteiger partial charge in [-0.05, 0) is 38.2 Å². The van der Waals surface area contributed by atoms with Gasteiger partial charge in [-0.25, -0.2) is 0 Å². The zero-order valence-corrected chi connectivity index (χ0v) is 13.9. The number of hydrogen-bond acceptors (Lipinski definition) is 2. The molecule has 1 fully saturated rings. The highest BCUT2D eigenvalue weighted by Crippen LogP contribution is 2.40. The van der Waals surface area contributed by atoms with Crippen LogP contribution in [0.1, 0.15) is 52.0 Å². The lowest BCUT2D eigenvalue weighted by Gasteiger charge is -2.43. The fraction of sp³-hybridized carbons (Fsp3) is 0.684. The molecule has 2 rings (SSSR count). The van der Waals surface area contributed by atoms with Crippen molar-refractivity contribution in [3.63, 3.8) is 0 Å². The number of aliphatic hydroxyl groups is 1. The minimum absolute atomic E-state index is 0.108. The van der Waals surface area contributed by atoms with Crippen LogP contribution in [-0.2, 0) is 6.54 Å². The third-order valence-corrected chi connectivity index (χ3v) is 5.02. The summed E-state index contributed by atoms with van der Waals surface area (Å²) in [7, 11) is 0. The lowest BCUT2D eigenvalue weighted by molar-refractivity contribution is 0.0121. The molecule has 118 valence electrons. The van der Waals surface area contributed by atoms with Crippen molar-refractivity contribution < 1.29 is 5.11 Å². The van der Waals surface area contributed by atoms with Crippen molar-refractivity contribution in [3.8, 4) is 0 Å². The predicted octanol–water partition coefficient (Wildman–Crippen LogP) is 4.09. The maximum Gasteiger partial charge on any atom is 0.0499 e. The van der Waals surface area contributed by atoms with Gasteiger partial charge in [0.1, 0.15) is 0 Å². The fourth-order valence-electron chi connectivity index (χ4n) is 3.78. The monoisotopic (exact) mass is 289 g/mol. The van der Waals surface area contributed by atoms with E-state index in [0.29, 0.717) is 12.6 Å². The van der Waals surface area contributed by atoms with Crippen molar-refractivity contribution in [1.82, 2.24) is 4.90 Å². The van der Waals surface area contributed by atoms with Crippen LogP contribution in [0.25, 0.3) is 0 Å². The van der Waals surface area contributed by atoms with Gasteiger partial charge in [0.05, 0.1) is 0 Å². The maximum atomic E-state index is 10.0. The minimum atomic E-state index is 0.108. The molecule has 1 aromatic carbocycles. The van der Waals surface area contributed by atoms with Crippen molar-refractivity contribution >= 4 is 0 Å². The van der Waals surface area contributed by atoms with Gasteiger partial charge in [0.25, 0.3) is 0 Å². The van der Waals surface area contributed by atoms with Crippen LogP contribution in [0.15, 0.2) is 30.3 Å². The van der Waals surface area contributed by atoms with Gasteiger partial charge in [0.15, 0.2) is 0 Å². The summed E-state index contributed by atoms with van der Waals surface area (Å²) in [5, 5.41) is 10.0. The summed E-state index contributed by atoms with van der Waals surface area (Å²) in [4.78, 5) is 2.53. The summed E-state index contributed by atoms with van der Waals surface area (Å²) in [6.07, 6.45) is 4.93. The van der Waals surface area contributed by atoms with Gasteiger partial charge in [-0.1, -0.05) is 50.1 Å². The second kappa shape index (κ2) is 7.42. The first-order chi connectivity index (χ1) is 10.0. The van der Waals surface area contributed by atoms with Crippen molar-refractivity contribution in [1.29, 1.82) is 0 Å². The quantitative estimate of drug-likeness (QED) is 0.853. The molecule has 2 unspecified atom stereocenters. The molecule has 0 aliphatic heterocycles. The number of hydrogen-bond donors (Lipinski definition) is 1. The Kier molecular flexibility index (Phi) is 5.83. The van der Waals surface area contributed by atoms with E-state index in [1.54, 1.807) is 0 Å². The van der Waals surface area contributed by atoms with Gasteiger partial charge < -0.3 is 5.11 Å². The predicted molar refractivity (Wildman–Crippen MR) is 89.1 cm³/mol. The van der Waals surface area contributed by atoms with E-state index in [9.17, 15) is 5.11 Å². The molecular weight excluding hydrogens is 258 g/mol. The topological polar surface area (TPSA) is 23.5 Å². The van der Waals surface area contributed by atoms with E-state index < -0.39 is 0 Å². The van der Waals surface area contributed by atoms with E-state index in [0.717, 1.165) is 19.0 Å². The Morgan fingerprint density at radius 2 is 2.00 bits per heavy atom. The number of nitrogens with zero attached hydrogens (tertiary/aromatic N) is 1. The Morgan fingerprint density at radius 1 is 1.29 bits per heavy atom. The molecule has 2 heteroatoms. The van der Waals surface area contributed by atoms with Gasteiger partial charge in [0.2, 0.25) is 0 Å². The smallest absolute Gasteiger partial charge is 0.0499 e. The van der Waals surface area contributed by atoms with E-state index in [2.05, 4.69) is 56.0 Å². The molecule has 0 heterocycles. The highest BCUT2D eigenvalue weighted by atomic mass is 16.3. The maximum absolute atomic E-state index is 10.0. The third kappa shape index (κ3) is 4.55. The second-order valence-electron chi connectivity index (χ2n) is 7.34. The second-order valence-corrected chi connectivity index (χ2v) is 7.34. The molecule has 1 aliphatic rings. The van der Waals surface area contributed by atoms with E-state index in [1.807, 2.05) is 0 Å². The van der Waals surface area contributed by atoms with Gasteiger partial charge in [-0.3, -0.25) is 4.90 Å². The molecular formula is C19H31NO. The molecule has 1 N–H and O–H groups in total. The molecule has 2 atom stereocenters. The molecule has 2 nitrogen and oxygen atoms in total. The molecule has 21 heavy (non-hydrogen) atoms. The summed E-state index contributed by atoms with van der Waals surface area (Å²) in [5.41, 5.74) is 1.47. The number of benzene rings is 1. The lowest BCUT2D eigenvalue weighted by atomic mass is 9.70. The Balaban J connectivity index is 2.07. The molecule has 0 amide bonds. The summed E-state index contributed by atoms with van der Waals surface area (Å²) >= 11 is 0. The first kappa shape index (κ1) is 16.5. The van der Waals surface area contributed by atoms with Crippen LogP contribution < -0.4 is 0 Å². The number of aliphatic hydroxyl groups excluding tert-OH is 1. The van der Waals surface area contributed by atoms with Crippen molar-refractivity contribution in [2.75, 3.05) is 13.2 Å². The van der Waals surface area contributed by atoms with Crippen LogP contribution in [0.2, 0.25) is 0 Å². The van der Waals surface area contributed by atoms with E-state index in [4.69, 9.17) is 0 Å². The Labute approximate surface area is 130 Å². The van der Waals surface area contributed by atoms with Crippen LogP contribution in [0, 0.1) is 11.3 Å². The van der Waals surface area contributed by atoms with Crippen molar-refractivity contribution in [2.24, 2.45) is 11.3 Å². The van der Waals surface area contributed by atoms with Crippen molar-refractivity contribution in [3.05, 3.63) is 35.9 Å². The van der Waals surface area contributed by atoms with Crippen LogP contribution in [0.3, 0.4) is 0 Å². The van der Waals surface area contributed by atoms with Gasteiger partial charge in [-0.2, -0.15) is 0 Å². The average Bonchev–Trinajstić information content (AvgIpc) is 2.47. The zero-order valence-electron chi connectivity index (χ0n) is 13.9. The normalized spacial score (nSPS) is 26.5. The molecule has 0 radical (unpaired) electrons. The van der Waals surface area contributed by atoms with E-state index in [1.165, 1.54) is 31.2 Å². The average molecular weight is 289 g/mol. The first-order valence-corrected chi connectivity index (χ1v) is 8.43. The van der Waals surface area contributed by atoms with Gasteiger partial charge in [0, 0.05) is 31.2 Å². The number of rotatable bonds is 6.